The van der Waals surface area contributed by atoms with Crippen molar-refractivity contribution in [3.8, 4) is 0 Å². The number of piperidine rings is 1. The van der Waals surface area contributed by atoms with Crippen LogP contribution in [0.2, 0.25) is 0 Å². The molecule has 2 aromatic rings. The molecule has 0 N–H and O–H groups in total. The minimum Gasteiger partial charge on any atom is -0.380 e. The summed E-state index contributed by atoms with van der Waals surface area (Å²) in [4.78, 5) is 25.6. The van der Waals surface area contributed by atoms with Gasteiger partial charge in [-0.2, -0.15) is 0 Å². The van der Waals surface area contributed by atoms with Gasteiger partial charge in [-0.25, -0.2) is 9.97 Å². The largest absolute Gasteiger partial charge is 0.380 e. The average molecular weight is 357 g/mol. The molecule has 1 amide bonds. The molecule has 1 atom stereocenters. The fourth-order valence-corrected chi connectivity index (χ4v) is 3.27. The summed E-state index contributed by atoms with van der Waals surface area (Å²) >= 11 is 0. The summed E-state index contributed by atoms with van der Waals surface area (Å²) in [5.74, 6) is 1.74. The van der Waals surface area contributed by atoms with E-state index in [0.717, 1.165) is 37.6 Å². The normalized spacial score (nSPS) is 17.3. The van der Waals surface area contributed by atoms with Gasteiger partial charge in [0.05, 0.1) is 18.2 Å². The molecule has 0 aliphatic carbocycles. The highest BCUT2D eigenvalue weighted by Gasteiger charge is 2.21. The van der Waals surface area contributed by atoms with Gasteiger partial charge in [-0.15, -0.1) is 0 Å². The number of amides is 1. The zero-order valence-corrected chi connectivity index (χ0v) is 15.8. The van der Waals surface area contributed by atoms with Crippen LogP contribution in [0.1, 0.15) is 35.9 Å². The summed E-state index contributed by atoms with van der Waals surface area (Å²) in [6.45, 7) is 4.90. The van der Waals surface area contributed by atoms with E-state index in [1.807, 2.05) is 36.9 Å². The molecule has 0 spiro atoms. The molecule has 140 valence electrons. The number of carbonyl (C=O) groups excluding carboxylic acids is 1. The van der Waals surface area contributed by atoms with Crippen molar-refractivity contribution in [3.05, 3.63) is 42.1 Å². The molecular weight excluding hydrogens is 330 g/mol. The number of carbonyl (C=O) groups is 1. The first kappa shape index (κ1) is 18.4. The Hall–Kier alpha value is -2.41. The van der Waals surface area contributed by atoms with Crippen molar-refractivity contribution in [2.75, 3.05) is 31.6 Å². The summed E-state index contributed by atoms with van der Waals surface area (Å²) in [6, 6.07) is 3.79. The number of hydrogen-bond acceptors (Lipinski definition) is 5. The number of hydrogen-bond donors (Lipinski definition) is 0. The molecule has 0 saturated carbocycles. The number of anilines is 1. The number of nitrogens with zero attached hydrogens (tertiary/aromatic N) is 5. The van der Waals surface area contributed by atoms with Gasteiger partial charge < -0.3 is 19.1 Å². The SMILES string of the molecule is CCN(Cc1nccn1C)C(=O)c1ccc(N2CCC[C@@H](OC)C2)nc1. The van der Waals surface area contributed by atoms with Crippen LogP contribution in [-0.2, 0) is 18.3 Å². The van der Waals surface area contributed by atoms with E-state index >= 15 is 0 Å². The van der Waals surface area contributed by atoms with Crippen LogP contribution < -0.4 is 4.90 Å². The van der Waals surface area contributed by atoms with Gasteiger partial charge in [0.15, 0.2) is 0 Å². The van der Waals surface area contributed by atoms with Crippen molar-refractivity contribution >= 4 is 11.7 Å². The Morgan fingerprint density at radius 2 is 2.23 bits per heavy atom. The number of rotatable bonds is 6. The van der Waals surface area contributed by atoms with Gasteiger partial charge in [0.25, 0.3) is 5.91 Å². The van der Waals surface area contributed by atoms with Gasteiger partial charge in [-0.3, -0.25) is 4.79 Å². The molecule has 1 saturated heterocycles. The van der Waals surface area contributed by atoms with Gasteiger partial charge in [-0.05, 0) is 31.9 Å². The van der Waals surface area contributed by atoms with Crippen LogP contribution in [-0.4, -0.2) is 58.2 Å². The number of pyridine rings is 1. The summed E-state index contributed by atoms with van der Waals surface area (Å²) in [5, 5.41) is 0. The minimum absolute atomic E-state index is 0.0250. The lowest BCUT2D eigenvalue weighted by Gasteiger charge is -2.32. The first-order valence-electron chi connectivity index (χ1n) is 9.11. The van der Waals surface area contributed by atoms with Crippen LogP contribution in [0, 0.1) is 0 Å². The molecule has 7 nitrogen and oxygen atoms in total. The molecule has 0 radical (unpaired) electrons. The zero-order chi connectivity index (χ0) is 18.5. The molecule has 2 aromatic heterocycles. The van der Waals surface area contributed by atoms with Crippen LogP contribution in [0.15, 0.2) is 30.7 Å². The smallest absolute Gasteiger partial charge is 0.255 e. The minimum atomic E-state index is -0.0250. The Morgan fingerprint density at radius 1 is 1.38 bits per heavy atom. The van der Waals surface area contributed by atoms with Gasteiger partial charge >= 0.3 is 0 Å². The van der Waals surface area contributed by atoms with E-state index in [1.54, 1.807) is 24.4 Å². The van der Waals surface area contributed by atoms with Crippen molar-refractivity contribution in [3.63, 3.8) is 0 Å². The molecule has 0 aromatic carbocycles. The van der Waals surface area contributed by atoms with Crippen LogP contribution >= 0.6 is 0 Å². The van der Waals surface area contributed by atoms with Crippen LogP contribution in [0.3, 0.4) is 0 Å². The topological polar surface area (TPSA) is 63.5 Å². The Morgan fingerprint density at radius 3 is 2.85 bits per heavy atom. The maximum absolute atomic E-state index is 12.8. The number of aromatic nitrogens is 3. The molecule has 0 unspecified atom stereocenters. The van der Waals surface area contributed by atoms with E-state index in [2.05, 4.69) is 14.9 Å². The first-order valence-corrected chi connectivity index (χ1v) is 9.11. The number of imidazole rings is 1. The van der Waals surface area contributed by atoms with Crippen LogP contribution in [0.4, 0.5) is 5.82 Å². The van der Waals surface area contributed by atoms with Crippen molar-refractivity contribution < 1.29 is 9.53 Å². The predicted octanol–water partition coefficient (Wildman–Crippen LogP) is 2.09. The number of aryl methyl sites for hydroxylation is 1. The lowest BCUT2D eigenvalue weighted by Crippen LogP contribution is -2.39. The van der Waals surface area contributed by atoms with E-state index in [0.29, 0.717) is 18.7 Å². The van der Waals surface area contributed by atoms with E-state index in [-0.39, 0.29) is 12.0 Å². The second kappa shape index (κ2) is 8.31. The van der Waals surface area contributed by atoms with Gasteiger partial charge in [0, 0.05) is 52.4 Å². The standard InChI is InChI=1S/C19H27N5O2/c1-4-23(14-18-20-9-11-22(18)2)19(25)15-7-8-17(21-12-15)24-10-5-6-16(13-24)26-3/h7-9,11-12,16H,4-6,10,13-14H2,1-3H3/t16-/m1/s1. The highest BCUT2D eigenvalue weighted by Crippen LogP contribution is 2.20. The zero-order valence-electron chi connectivity index (χ0n) is 15.8. The van der Waals surface area contributed by atoms with E-state index in [1.165, 1.54) is 0 Å². The summed E-state index contributed by atoms with van der Waals surface area (Å²) in [7, 11) is 3.69. The second-order valence-electron chi connectivity index (χ2n) is 6.62. The molecule has 0 bridgehead atoms. The fraction of sp³-hybridized carbons (Fsp3) is 0.526. The lowest BCUT2D eigenvalue weighted by molar-refractivity contribution is 0.0746. The van der Waals surface area contributed by atoms with E-state index < -0.39 is 0 Å². The van der Waals surface area contributed by atoms with Crippen molar-refractivity contribution in [1.82, 2.24) is 19.4 Å². The van der Waals surface area contributed by atoms with E-state index in [9.17, 15) is 4.79 Å². The summed E-state index contributed by atoms with van der Waals surface area (Å²) in [6.07, 6.45) is 7.73. The quantitative estimate of drug-likeness (QED) is 0.792. The molecule has 26 heavy (non-hydrogen) atoms. The van der Waals surface area contributed by atoms with Gasteiger partial charge in [0.2, 0.25) is 0 Å². The van der Waals surface area contributed by atoms with Crippen molar-refractivity contribution in [2.45, 2.75) is 32.4 Å². The number of methoxy groups -OCH3 is 1. The van der Waals surface area contributed by atoms with Gasteiger partial charge in [-0.1, -0.05) is 0 Å². The molecule has 3 heterocycles. The monoisotopic (exact) mass is 357 g/mol. The number of ether oxygens (including phenoxy) is 1. The molecule has 1 aliphatic heterocycles. The summed E-state index contributed by atoms with van der Waals surface area (Å²) < 4.78 is 7.40. The van der Waals surface area contributed by atoms with Crippen LogP contribution in [0.5, 0.6) is 0 Å². The third kappa shape index (κ3) is 4.04. The highest BCUT2D eigenvalue weighted by atomic mass is 16.5. The fourth-order valence-electron chi connectivity index (χ4n) is 3.27. The van der Waals surface area contributed by atoms with Crippen molar-refractivity contribution in [1.29, 1.82) is 0 Å². The molecule has 1 aliphatic rings. The molecular formula is C19H27N5O2. The summed E-state index contributed by atoms with van der Waals surface area (Å²) in [5.41, 5.74) is 0.602. The Balaban J connectivity index is 1.68. The third-order valence-electron chi connectivity index (χ3n) is 4.95. The van der Waals surface area contributed by atoms with Gasteiger partial charge in [0.1, 0.15) is 11.6 Å². The van der Waals surface area contributed by atoms with Crippen molar-refractivity contribution in [2.24, 2.45) is 7.05 Å². The molecule has 7 heteroatoms. The predicted molar refractivity (Wildman–Crippen MR) is 100 cm³/mol. The Bertz CT molecular complexity index is 728. The maximum Gasteiger partial charge on any atom is 0.255 e. The van der Waals surface area contributed by atoms with E-state index in [4.69, 9.17) is 4.74 Å². The second-order valence-corrected chi connectivity index (χ2v) is 6.62. The highest BCUT2D eigenvalue weighted by molar-refractivity contribution is 5.94. The molecule has 3 rings (SSSR count). The third-order valence-corrected chi connectivity index (χ3v) is 4.95. The molecule has 1 fully saturated rings. The first-order chi connectivity index (χ1) is 12.6. The lowest BCUT2D eigenvalue weighted by atomic mass is 10.1. The Labute approximate surface area is 154 Å². The van der Waals surface area contributed by atoms with Crippen LogP contribution in [0.25, 0.3) is 0 Å². The average Bonchev–Trinajstić information content (AvgIpc) is 3.10. The Kier molecular flexibility index (Phi) is 5.88. The maximum atomic E-state index is 12.8.